The van der Waals surface area contributed by atoms with Gasteiger partial charge in [0.15, 0.2) is 18.1 Å². The summed E-state index contributed by atoms with van der Waals surface area (Å²) in [7, 11) is 2.93. The van der Waals surface area contributed by atoms with Crippen LogP contribution in [0, 0.1) is 0 Å². The first-order valence-electron chi connectivity index (χ1n) is 8.70. The second kappa shape index (κ2) is 10.8. The van der Waals surface area contributed by atoms with Crippen LogP contribution in [-0.4, -0.2) is 63.2 Å². The number of benzene rings is 1. The van der Waals surface area contributed by atoms with Crippen molar-refractivity contribution < 1.29 is 23.8 Å². The minimum atomic E-state index is -0.614. The summed E-state index contributed by atoms with van der Waals surface area (Å²) in [6.45, 7) is 4.11. The summed E-state index contributed by atoms with van der Waals surface area (Å²) in [6, 6.07) is 3.38. The fourth-order valence-electron chi connectivity index (χ4n) is 3.05. The molecular formula is C18H28ClN3O5. The number of nitrogens with one attached hydrogen (secondary N) is 1. The average molecular weight is 402 g/mol. The Morgan fingerprint density at radius 1 is 1.26 bits per heavy atom. The molecule has 0 aromatic heterocycles. The van der Waals surface area contributed by atoms with Crippen molar-refractivity contribution >= 4 is 24.2 Å². The third-order valence-electron chi connectivity index (χ3n) is 4.27. The number of amides is 2. The van der Waals surface area contributed by atoms with E-state index in [0.717, 1.165) is 25.9 Å². The number of hydrogen-bond acceptors (Lipinski definition) is 6. The largest absolute Gasteiger partial charge is 0.493 e. The number of nitrogens with two attached hydrogens (primary N) is 1. The van der Waals surface area contributed by atoms with Gasteiger partial charge in [-0.25, -0.2) is 0 Å². The number of rotatable bonds is 9. The van der Waals surface area contributed by atoms with Crippen LogP contribution in [-0.2, 0) is 4.79 Å². The van der Waals surface area contributed by atoms with Gasteiger partial charge in [-0.3, -0.25) is 9.59 Å². The zero-order valence-electron chi connectivity index (χ0n) is 15.9. The number of carbonyl (C=O) groups is 2. The van der Waals surface area contributed by atoms with Gasteiger partial charge in [-0.15, -0.1) is 12.4 Å². The Morgan fingerprint density at radius 3 is 2.33 bits per heavy atom. The molecule has 0 aliphatic carbocycles. The van der Waals surface area contributed by atoms with E-state index in [9.17, 15) is 9.59 Å². The molecule has 27 heavy (non-hydrogen) atoms. The fourth-order valence-corrected chi connectivity index (χ4v) is 3.05. The highest BCUT2D eigenvalue weighted by atomic mass is 35.5. The Kier molecular flexibility index (Phi) is 9.17. The molecule has 1 aromatic carbocycles. The standard InChI is InChI=1S/C18H27N3O5.ClH/c1-4-7-21(13-5-6-20-10-13)18(23)12-8-14(24-2)17(15(9-12)25-3)26-11-16(19)22;/h8-9,13,20H,4-7,10-11H2,1-3H3,(H2,19,22);1H. The average Bonchev–Trinajstić information content (AvgIpc) is 3.17. The van der Waals surface area contributed by atoms with Gasteiger partial charge in [-0.1, -0.05) is 6.92 Å². The van der Waals surface area contributed by atoms with Crippen LogP contribution in [0.5, 0.6) is 17.2 Å². The number of halogens is 1. The molecule has 0 radical (unpaired) electrons. The van der Waals surface area contributed by atoms with E-state index in [1.54, 1.807) is 12.1 Å². The van der Waals surface area contributed by atoms with E-state index in [2.05, 4.69) is 5.32 Å². The monoisotopic (exact) mass is 401 g/mol. The minimum absolute atomic E-state index is 0. The summed E-state index contributed by atoms with van der Waals surface area (Å²) in [5.74, 6) is 0.176. The van der Waals surface area contributed by atoms with Crippen LogP contribution in [0.1, 0.15) is 30.1 Å². The third kappa shape index (κ3) is 5.64. The molecule has 1 aliphatic heterocycles. The predicted octanol–water partition coefficient (Wildman–Crippen LogP) is 1.20. The molecule has 1 unspecified atom stereocenters. The van der Waals surface area contributed by atoms with Crippen molar-refractivity contribution in [2.75, 3.05) is 40.5 Å². The molecule has 1 saturated heterocycles. The molecule has 1 aromatic rings. The van der Waals surface area contributed by atoms with Crippen LogP contribution in [0.25, 0.3) is 0 Å². The summed E-state index contributed by atoms with van der Waals surface area (Å²) in [4.78, 5) is 26.0. The maximum Gasteiger partial charge on any atom is 0.255 e. The highest BCUT2D eigenvalue weighted by Gasteiger charge is 2.28. The van der Waals surface area contributed by atoms with Gasteiger partial charge in [0.2, 0.25) is 5.75 Å². The van der Waals surface area contributed by atoms with Crippen LogP contribution in [0.2, 0.25) is 0 Å². The first-order chi connectivity index (χ1) is 12.5. The van der Waals surface area contributed by atoms with E-state index >= 15 is 0 Å². The SMILES string of the molecule is CCCN(C(=O)c1cc(OC)c(OCC(N)=O)c(OC)c1)C1CCNC1.Cl. The predicted molar refractivity (Wildman–Crippen MR) is 104 cm³/mol. The molecule has 0 spiro atoms. The van der Waals surface area contributed by atoms with Crippen LogP contribution in [0.3, 0.4) is 0 Å². The summed E-state index contributed by atoms with van der Waals surface area (Å²) in [5.41, 5.74) is 5.58. The van der Waals surface area contributed by atoms with Gasteiger partial charge in [0.05, 0.1) is 14.2 Å². The Balaban J connectivity index is 0.00000364. The maximum atomic E-state index is 13.1. The van der Waals surface area contributed by atoms with Crippen molar-refractivity contribution in [1.29, 1.82) is 0 Å². The van der Waals surface area contributed by atoms with E-state index in [1.165, 1.54) is 14.2 Å². The molecule has 8 nitrogen and oxygen atoms in total. The smallest absolute Gasteiger partial charge is 0.255 e. The Hall–Kier alpha value is -2.19. The molecule has 152 valence electrons. The first kappa shape index (κ1) is 22.9. The molecule has 1 atom stereocenters. The first-order valence-corrected chi connectivity index (χ1v) is 8.70. The second-order valence-corrected chi connectivity index (χ2v) is 6.11. The van der Waals surface area contributed by atoms with Gasteiger partial charge >= 0.3 is 0 Å². The van der Waals surface area contributed by atoms with Gasteiger partial charge in [0.25, 0.3) is 11.8 Å². The molecule has 1 aliphatic rings. The number of hydrogen-bond donors (Lipinski definition) is 2. The summed E-state index contributed by atoms with van der Waals surface area (Å²) < 4.78 is 16.1. The van der Waals surface area contributed by atoms with E-state index in [1.807, 2.05) is 11.8 Å². The Bertz CT molecular complexity index is 625. The molecule has 2 rings (SSSR count). The lowest BCUT2D eigenvalue weighted by Gasteiger charge is -2.28. The lowest BCUT2D eigenvalue weighted by Crippen LogP contribution is -2.42. The van der Waals surface area contributed by atoms with Gasteiger partial charge in [-0.2, -0.15) is 0 Å². The Morgan fingerprint density at radius 2 is 1.89 bits per heavy atom. The molecule has 0 bridgehead atoms. The van der Waals surface area contributed by atoms with E-state index in [-0.39, 0.29) is 36.7 Å². The second-order valence-electron chi connectivity index (χ2n) is 6.11. The van der Waals surface area contributed by atoms with Crippen molar-refractivity contribution in [2.24, 2.45) is 5.73 Å². The maximum absolute atomic E-state index is 13.1. The molecule has 1 fully saturated rings. The van der Waals surface area contributed by atoms with E-state index in [4.69, 9.17) is 19.9 Å². The van der Waals surface area contributed by atoms with Crippen molar-refractivity contribution in [3.05, 3.63) is 17.7 Å². The van der Waals surface area contributed by atoms with Gasteiger partial charge in [-0.05, 0) is 31.5 Å². The number of primary amides is 1. The van der Waals surface area contributed by atoms with Crippen LogP contribution in [0.4, 0.5) is 0 Å². The number of methoxy groups -OCH3 is 2. The van der Waals surface area contributed by atoms with E-state index in [0.29, 0.717) is 23.6 Å². The molecule has 3 N–H and O–H groups in total. The topological polar surface area (TPSA) is 103 Å². The number of nitrogens with zero attached hydrogens (tertiary/aromatic N) is 1. The Labute approximate surface area is 165 Å². The summed E-state index contributed by atoms with van der Waals surface area (Å²) in [5, 5.41) is 3.29. The molecule has 0 saturated carbocycles. The van der Waals surface area contributed by atoms with Gasteiger partial charge in [0.1, 0.15) is 0 Å². The van der Waals surface area contributed by atoms with E-state index < -0.39 is 5.91 Å². The number of ether oxygens (including phenoxy) is 3. The van der Waals surface area contributed by atoms with Gasteiger partial charge < -0.3 is 30.2 Å². The lowest BCUT2D eigenvalue weighted by atomic mass is 10.1. The van der Waals surface area contributed by atoms with Crippen molar-refractivity contribution in [3.8, 4) is 17.2 Å². The van der Waals surface area contributed by atoms with Crippen LogP contribution >= 0.6 is 12.4 Å². The van der Waals surface area contributed by atoms with Gasteiger partial charge in [0, 0.05) is 24.7 Å². The summed E-state index contributed by atoms with van der Waals surface area (Å²) >= 11 is 0. The number of carbonyl (C=O) groups excluding carboxylic acids is 2. The van der Waals surface area contributed by atoms with Crippen LogP contribution in [0.15, 0.2) is 12.1 Å². The third-order valence-corrected chi connectivity index (χ3v) is 4.27. The molecule has 1 heterocycles. The fraction of sp³-hybridized carbons (Fsp3) is 0.556. The highest BCUT2D eigenvalue weighted by Crippen LogP contribution is 2.39. The highest BCUT2D eigenvalue weighted by molar-refractivity contribution is 5.96. The zero-order valence-corrected chi connectivity index (χ0v) is 16.8. The minimum Gasteiger partial charge on any atom is -0.493 e. The van der Waals surface area contributed by atoms with Crippen molar-refractivity contribution in [2.45, 2.75) is 25.8 Å². The van der Waals surface area contributed by atoms with Crippen molar-refractivity contribution in [3.63, 3.8) is 0 Å². The zero-order chi connectivity index (χ0) is 19.1. The van der Waals surface area contributed by atoms with Crippen LogP contribution < -0.4 is 25.3 Å². The normalized spacial score (nSPS) is 15.6. The molecule has 2 amide bonds. The lowest BCUT2D eigenvalue weighted by molar-refractivity contribution is -0.120. The quantitative estimate of drug-likeness (QED) is 0.644. The summed E-state index contributed by atoms with van der Waals surface area (Å²) in [6.07, 6.45) is 1.80. The molecular weight excluding hydrogens is 374 g/mol. The van der Waals surface area contributed by atoms with Crippen molar-refractivity contribution in [1.82, 2.24) is 10.2 Å². The molecule has 9 heteroatoms.